The second-order valence-electron chi connectivity index (χ2n) is 3.46. The Bertz CT molecular complexity index is 148. The van der Waals surface area contributed by atoms with Crippen LogP contribution in [0.5, 0.6) is 0 Å². The Morgan fingerprint density at radius 3 is 1.23 bits per heavy atom. The number of aliphatic carboxylic acids is 2. The van der Waals surface area contributed by atoms with E-state index in [4.69, 9.17) is 15.3 Å². The van der Waals surface area contributed by atoms with Gasteiger partial charge < -0.3 is 15.3 Å². The first-order valence-corrected chi connectivity index (χ1v) is 3.79. The van der Waals surface area contributed by atoms with Gasteiger partial charge in [0.15, 0.2) is 0 Å². The number of hydrogen-bond donors (Lipinski definition) is 3. The van der Waals surface area contributed by atoms with Crippen molar-refractivity contribution in [2.24, 2.45) is 0 Å². The molecule has 78 valence electrons. The first-order valence-electron chi connectivity index (χ1n) is 3.79. The van der Waals surface area contributed by atoms with Crippen LogP contribution in [0, 0.1) is 0 Å². The molecule has 0 saturated heterocycles. The smallest absolute Gasteiger partial charge is 0.303 e. The Kier molecular flexibility index (Phi) is 7.12. The van der Waals surface area contributed by atoms with E-state index in [1.54, 1.807) is 20.8 Å². The van der Waals surface area contributed by atoms with Crippen LogP contribution in [0.4, 0.5) is 0 Å². The first-order chi connectivity index (χ1) is 5.63. The van der Waals surface area contributed by atoms with E-state index in [1.165, 1.54) is 0 Å². The summed E-state index contributed by atoms with van der Waals surface area (Å²) in [6.45, 7) is 5.23. The van der Waals surface area contributed by atoms with Gasteiger partial charge in [0.25, 0.3) is 0 Å². The van der Waals surface area contributed by atoms with E-state index in [0.29, 0.717) is 0 Å². The van der Waals surface area contributed by atoms with Crippen molar-refractivity contribution in [3.63, 3.8) is 0 Å². The van der Waals surface area contributed by atoms with E-state index in [9.17, 15) is 9.59 Å². The summed E-state index contributed by atoms with van der Waals surface area (Å²) >= 11 is 0. The maximum absolute atomic E-state index is 9.64. The van der Waals surface area contributed by atoms with Gasteiger partial charge in [-0.2, -0.15) is 0 Å². The third-order valence-corrected chi connectivity index (χ3v) is 0.553. The van der Waals surface area contributed by atoms with Gasteiger partial charge in [-0.25, -0.2) is 0 Å². The van der Waals surface area contributed by atoms with Crippen LogP contribution in [0.25, 0.3) is 0 Å². The van der Waals surface area contributed by atoms with Crippen LogP contribution >= 0.6 is 0 Å². The summed E-state index contributed by atoms with van der Waals surface area (Å²) in [7, 11) is 0. The van der Waals surface area contributed by atoms with E-state index in [2.05, 4.69) is 0 Å². The molecule has 0 unspecified atom stereocenters. The Morgan fingerprint density at radius 2 is 1.15 bits per heavy atom. The molecule has 13 heavy (non-hydrogen) atoms. The zero-order chi connectivity index (χ0) is 11.1. The minimum absolute atomic E-state index is 0.296. The number of aliphatic hydroxyl groups is 1. The molecule has 5 nitrogen and oxygen atoms in total. The van der Waals surface area contributed by atoms with Crippen molar-refractivity contribution < 1.29 is 24.9 Å². The quantitative estimate of drug-likeness (QED) is 0.612. The zero-order valence-corrected chi connectivity index (χ0v) is 8.07. The zero-order valence-electron chi connectivity index (χ0n) is 8.07. The van der Waals surface area contributed by atoms with Gasteiger partial charge in [-0.3, -0.25) is 9.59 Å². The van der Waals surface area contributed by atoms with Crippen molar-refractivity contribution in [3.8, 4) is 0 Å². The summed E-state index contributed by atoms with van der Waals surface area (Å²) in [5.74, 6) is -2.15. The van der Waals surface area contributed by atoms with Gasteiger partial charge in [-0.15, -0.1) is 0 Å². The average molecular weight is 192 g/mol. The van der Waals surface area contributed by atoms with Crippen molar-refractivity contribution in [1.82, 2.24) is 0 Å². The van der Waals surface area contributed by atoms with Gasteiger partial charge in [0.05, 0.1) is 18.4 Å². The third kappa shape index (κ3) is 56.8. The predicted molar refractivity (Wildman–Crippen MR) is 46.5 cm³/mol. The van der Waals surface area contributed by atoms with Crippen molar-refractivity contribution >= 4 is 11.9 Å². The highest BCUT2D eigenvalue weighted by molar-refractivity contribution is 5.75. The fraction of sp³-hybridized carbons (Fsp3) is 0.750. The molecule has 0 spiro atoms. The molecular weight excluding hydrogens is 176 g/mol. The SMILES string of the molecule is CC(C)(C)O.O=C(O)CCC(=O)O. The minimum Gasteiger partial charge on any atom is -0.481 e. The minimum atomic E-state index is -1.08. The molecule has 0 aromatic carbocycles. The van der Waals surface area contributed by atoms with Crippen LogP contribution < -0.4 is 0 Å². The van der Waals surface area contributed by atoms with E-state index < -0.39 is 17.5 Å². The first kappa shape index (κ1) is 14.4. The molecule has 0 aliphatic heterocycles. The van der Waals surface area contributed by atoms with Crippen LogP contribution in [0.2, 0.25) is 0 Å². The van der Waals surface area contributed by atoms with E-state index >= 15 is 0 Å². The highest BCUT2D eigenvalue weighted by atomic mass is 16.4. The normalized spacial score (nSPS) is 9.85. The van der Waals surface area contributed by atoms with Crippen LogP contribution in [-0.2, 0) is 9.59 Å². The van der Waals surface area contributed by atoms with Crippen LogP contribution in [-0.4, -0.2) is 32.9 Å². The van der Waals surface area contributed by atoms with E-state index in [1.807, 2.05) is 0 Å². The Balaban J connectivity index is 0. The van der Waals surface area contributed by atoms with Gasteiger partial charge in [0.2, 0.25) is 0 Å². The lowest BCUT2D eigenvalue weighted by molar-refractivity contribution is -0.143. The molecule has 0 amide bonds. The van der Waals surface area contributed by atoms with Gasteiger partial charge in [-0.05, 0) is 20.8 Å². The molecule has 0 fully saturated rings. The molecule has 0 aliphatic carbocycles. The molecule has 0 bridgehead atoms. The van der Waals surface area contributed by atoms with Crippen molar-refractivity contribution in [2.75, 3.05) is 0 Å². The number of carboxylic acid groups (broad SMARTS) is 2. The number of hydrogen-bond acceptors (Lipinski definition) is 3. The second-order valence-corrected chi connectivity index (χ2v) is 3.46. The summed E-state index contributed by atoms with van der Waals surface area (Å²) in [4.78, 5) is 19.3. The van der Waals surface area contributed by atoms with Crippen LogP contribution in [0.3, 0.4) is 0 Å². The topological polar surface area (TPSA) is 94.8 Å². The molecule has 0 heterocycles. The summed E-state index contributed by atoms with van der Waals surface area (Å²) < 4.78 is 0. The summed E-state index contributed by atoms with van der Waals surface area (Å²) in [6, 6.07) is 0. The third-order valence-electron chi connectivity index (χ3n) is 0.553. The molecule has 0 atom stereocenters. The highest BCUT2D eigenvalue weighted by Crippen LogP contribution is 1.93. The molecule has 3 N–H and O–H groups in total. The molecule has 0 aromatic rings. The molecule has 0 aromatic heterocycles. The summed E-state index contributed by atoms with van der Waals surface area (Å²) in [5, 5.41) is 24.3. The highest BCUT2D eigenvalue weighted by Gasteiger charge is 2.00. The van der Waals surface area contributed by atoms with Gasteiger partial charge in [0.1, 0.15) is 0 Å². The largest absolute Gasteiger partial charge is 0.481 e. The molecule has 5 heteroatoms. The van der Waals surface area contributed by atoms with Gasteiger partial charge in [0, 0.05) is 0 Å². The molecule has 0 aliphatic rings. The van der Waals surface area contributed by atoms with Gasteiger partial charge >= 0.3 is 11.9 Å². The standard InChI is InChI=1S/C4H6O4.C4H10O/c5-3(6)1-2-4(7)8;1-4(2,3)5/h1-2H2,(H,5,6)(H,7,8);5H,1-3H3. The van der Waals surface area contributed by atoms with Gasteiger partial charge in [-0.1, -0.05) is 0 Å². The van der Waals surface area contributed by atoms with Crippen molar-refractivity contribution in [3.05, 3.63) is 0 Å². The molecule has 0 rings (SSSR count). The average Bonchev–Trinajstić information content (AvgIpc) is 1.79. The van der Waals surface area contributed by atoms with E-state index in [0.717, 1.165) is 0 Å². The predicted octanol–water partition coefficient (Wildman–Crippen LogP) is 0.713. The lowest BCUT2D eigenvalue weighted by atomic mass is 10.2. The Morgan fingerprint density at radius 1 is 1.00 bits per heavy atom. The number of carboxylic acids is 2. The lowest BCUT2D eigenvalue weighted by Gasteiger charge is -2.04. The molecule has 0 radical (unpaired) electrons. The fourth-order valence-corrected chi connectivity index (χ4v) is 0.214. The van der Waals surface area contributed by atoms with E-state index in [-0.39, 0.29) is 12.8 Å². The fourth-order valence-electron chi connectivity index (χ4n) is 0.214. The molecule has 0 saturated carbocycles. The Hall–Kier alpha value is -1.10. The second kappa shape index (κ2) is 6.42. The number of rotatable bonds is 3. The van der Waals surface area contributed by atoms with Crippen molar-refractivity contribution in [1.29, 1.82) is 0 Å². The Labute approximate surface area is 77.0 Å². The van der Waals surface area contributed by atoms with Crippen LogP contribution in [0.15, 0.2) is 0 Å². The maximum Gasteiger partial charge on any atom is 0.303 e. The maximum atomic E-state index is 9.64. The summed E-state index contributed by atoms with van der Waals surface area (Å²) in [5.41, 5.74) is -0.500. The monoisotopic (exact) mass is 192 g/mol. The lowest BCUT2D eigenvalue weighted by Crippen LogP contribution is -2.10. The summed E-state index contributed by atoms with van der Waals surface area (Å²) in [6.07, 6.45) is -0.593. The molecular formula is C8H16O5. The van der Waals surface area contributed by atoms with Crippen molar-refractivity contribution in [2.45, 2.75) is 39.2 Å². The van der Waals surface area contributed by atoms with Crippen LogP contribution in [0.1, 0.15) is 33.6 Å². The number of carbonyl (C=O) groups is 2.